The van der Waals surface area contributed by atoms with Crippen LogP contribution in [0.25, 0.3) is 0 Å². The van der Waals surface area contributed by atoms with Crippen LogP contribution in [0.3, 0.4) is 0 Å². The maximum atomic E-state index is 6.03. The van der Waals surface area contributed by atoms with Gasteiger partial charge in [0.2, 0.25) is 0 Å². The summed E-state index contributed by atoms with van der Waals surface area (Å²) in [5.74, 6) is 0. The van der Waals surface area contributed by atoms with Crippen LogP contribution in [0.15, 0.2) is 36.5 Å². The second-order valence-corrected chi connectivity index (χ2v) is 4.64. The summed E-state index contributed by atoms with van der Waals surface area (Å²) in [5.41, 5.74) is 5.31. The Morgan fingerprint density at radius 2 is 1.82 bits per heavy atom. The van der Waals surface area contributed by atoms with E-state index < -0.39 is 0 Å². The lowest BCUT2D eigenvalue weighted by molar-refractivity contribution is 0.952. The molecule has 2 aromatic rings. The van der Waals surface area contributed by atoms with Gasteiger partial charge in [-0.1, -0.05) is 31.2 Å². The Balaban J connectivity index is 0.00000108. The van der Waals surface area contributed by atoms with Crippen LogP contribution in [0, 0.1) is 0 Å². The number of rotatable bonds is 0. The highest BCUT2D eigenvalue weighted by atomic mass is 35.5. The molecule has 2 heteroatoms. The predicted octanol–water partition coefficient (Wildman–Crippen LogP) is 4.06. The molecule has 0 spiro atoms. The summed E-state index contributed by atoms with van der Waals surface area (Å²) < 4.78 is 0. The zero-order valence-electron chi connectivity index (χ0n) is 8.91. The molecule has 1 aromatic heterocycles. The number of aromatic nitrogens is 1. The lowest BCUT2D eigenvalue weighted by atomic mass is 10.0. The summed E-state index contributed by atoms with van der Waals surface area (Å²) in [6.45, 7) is 0. The average molecular weight is 246 g/mol. The van der Waals surface area contributed by atoms with Crippen molar-refractivity contribution in [1.29, 1.82) is 0 Å². The maximum absolute atomic E-state index is 6.03. The van der Waals surface area contributed by atoms with Gasteiger partial charge in [-0.15, -0.1) is 0 Å². The fourth-order valence-corrected chi connectivity index (χ4v) is 2.50. The molecule has 17 heavy (non-hydrogen) atoms. The van der Waals surface area contributed by atoms with Gasteiger partial charge in [-0.05, 0) is 47.7 Å². The van der Waals surface area contributed by atoms with E-state index in [4.69, 9.17) is 11.6 Å². The lowest BCUT2D eigenvalue weighted by Gasteiger charge is -2.05. The van der Waals surface area contributed by atoms with Gasteiger partial charge >= 0.3 is 0 Å². The van der Waals surface area contributed by atoms with Gasteiger partial charge in [0.1, 0.15) is 0 Å². The predicted molar refractivity (Wildman–Crippen MR) is 72.6 cm³/mol. The molecule has 88 valence electrons. The number of aryl methyl sites for hydroxylation is 2. The van der Waals surface area contributed by atoms with Gasteiger partial charge in [0.25, 0.3) is 0 Å². The highest BCUT2D eigenvalue weighted by Crippen LogP contribution is 2.25. The molecule has 0 fully saturated rings. The fraction of sp³-hybridized carbons (Fsp3) is 0.267. The van der Waals surface area contributed by atoms with Gasteiger partial charge in [-0.2, -0.15) is 0 Å². The van der Waals surface area contributed by atoms with E-state index in [1.807, 2.05) is 18.3 Å². The smallest absolute Gasteiger partial charge is 0.0479 e. The molecule has 0 saturated carbocycles. The lowest BCUT2D eigenvalue weighted by Crippen LogP contribution is -1.95. The van der Waals surface area contributed by atoms with Gasteiger partial charge < -0.3 is 0 Å². The Hall–Kier alpha value is -1.34. The van der Waals surface area contributed by atoms with E-state index in [9.17, 15) is 0 Å². The molecule has 0 saturated heterocycles. The fourth-order valence-electron chi connectivity index (χ4n) is 2.31. The number of pyridine rings is 1. The summed E-state index contributed by atoms with van der Waals surface area (Å²) in [5, 5.41) is 0.831. The van der Waals surface area contributed by atoms with E-state index >= 15 is 0 Å². The van der Waals surface area contributed by atoms with Crippen LogP contribution < -0.4 is 0 Å². The molecule has 0 atom stereocenters. The third-order valence-electron chi connectivity index (χ3n) is 3.17. The van der Waals surface area contributed by atoms with Crippen molar-refractivity contribution in [3.8, 4) is 0 Å². The first-order chi connectivity index (χ1) is 7.83. The van der Waals surface area contributed by atoms with Crippen LogP contribution in [0.4, 0.5) is 0 Å². The molecule has 0 amide bonds. The molecule has 1 aromatic carbocycles. The number of hydrogen-bond acceptors (Lipinski definition) is 1. The van der Waals surface area contributed by atoms with Crippen molar-refractivity contribution < 1.29 is 0 Å². The van der Waals surface area contributed by atoms with E-state index in [2.05, 4.69) is 23.2 Å². The monoisotopic (exact) mass is 245 g/mol. The molecule has 0 radical (unpaired) electrons. The first kappa shape index (κ1) is 12.1. The number of fused-ring (bicyclic) bond motifs is 2. The summed E-state index contributed by atoms with van der Waals surface area (Å²) in [6, 6.07) is 10.4. The molecule has 1 aliphatic rings. The molecule has 0 aliphatic heterocycles. The van der Waals surface area contributed by atoms with E-state index in [1.54, 1.807) is 0 Å². The van der Waals surface area contributed by atoms with Gasteiger partial charge in [0.15, 0.2) is 0 Å². The van der Waals surface area contributed by atoms with Gasteiger partial charge in [0, 0.05) is 23.3 Å². The number of hydrogen-bond donors (Lipinski definition) is 0. The van der Waals surface area contributed by atoms with Gasteiger partial charge in [-0.25, -0.2) is 0 Å². The normalized spacial score (nSPS) is 13.0. The van der Waals surface area contributed by atoms with Crippen LogP contribution in [-0.2, 0) is 19.3 Å². The zero-order chi connectivity index (χ0) is 11.0. The molecule has 1 aliphatic carbocycles. The summed E-state index contributed by atoms with van der Waals surface area (Å²) in [7, 11) is 0. The molecule has 1 heterocycles. The minimum atomic E-state index is 0. The maximum Gasteiger partial charge on any atom is 0.0479 e. The van der Waals surface area contributed by atoms with Crippen molar-refractivity contribution in [3.63, 3.8) is 0 Å². The molecule has 3 rings (SSSR count). The minimum Gasteiger partial charge on any atom is -0.261 e. The average Bonchev–Trinajstić information content (AvgIpc) is 2.48. The van der Waals surface area contributed by atoms with Crippen molar-refractivity contribution >= 4 is 11.6 Å². The van der Waals surface area contributed by atoms with Crippen LogP contribution in [0.5, 0.6) is 0 Å². The molecule has 1 nitrogen and oxygen atoms in total. The first-order valence-electron chi connectivity index (χ1n) is 5.53. The third-order valence-corrected chi connectivity index (χ3v) is 3.41. The summed E-state index contributed by atoms with van der Waals surface area (Å²) in [6.07, 6.45) is 4.94. The van der Waals surface area contributed by atoms with Crippen LogP contribution in [0.2, 0.25) is 5.02 Å². The zero-order valence-corrected chi connectivity index (χ0v) is 9.67. The first-order valence-corrected chi connectivity index (χ1v) is 5.91. The highest BCUT2D eigenvalue weighted by Gasteiger charge is 2.13. The van der Waals surface area contributed by atoms with Crippen molar-refractivity contribution in [2.24, 2.45) is 0 Å². The SMILES string of the molecule is C.Clc1ccc2c(c1)CCc1cccnc1C2. The Kier molecular flexibility index (Phi) is 3.49. The topological polar surface area (TPSA) is 12.9 Å². The third kappa shape index (κ3) is 2.34. The Morgan fingerprint density at radius 1 is 1.00 bits per heavy atom. The second kappa shape index (κ2) is 4.89. The minimum absolute atomic E-state index is 0. The Morgan fingerprint density at radius 3 is 2.71 bits per heavy atom. The van der Waals surface area contributed by atoms with E-state index in [-0.39, 0.29) is 7.43 Å². The van der Waals surface area contributed by atoms with Gasteiger partial charge in [0.05, 0.1) is 0 Å². The van der Waals surface area contributed by atoms with E-state index in [1.165, 1.54) is 22.4 Å². The van der Waals surface area contributed by atoms with Crippen LogP contribution >= 0.6 is 11.6 Å². The summed E-state index contributed by atoms with van der Waals surface area (Å²) in [4.78, 5) is 4.47. The number of benzene rings is 1. The van der Waals surface area contributed by atoms with Crippen LogP contribution in [0.1, 0.15) is 29.8 Å². The largest absolute Gasteiger partial charge is 0.261 e. The Labute approximate surface area is 107 Å². The van der Waals surface area contributed by atoms with E-state index in [0.717, 1.165) is 24.3 Å². The van der Waals surface area contributed by atoms with Gasteiger partial charge in [-0.3, -0.25) is 4.98 Å². The Bertz CT molecular complexity index is 534. The van der Waals surface area contributed by atoms with Crippen molar-refractivity contribution in [2.45, 2.75) is 26.7 Å². The summed E-state index contributed by atoms with van der Waals surface area (Å²) >= 11 is 6.03. The molecule has 0 bridgehead atoms. The van der Waals surface area contributed by atoms with Crippen molar-refractivity contribution in [2.75, 3.05) is 0 Å². The van der Waals surface area contributed by atoms with Crippen LogP contribution in [-0.4, -0.2) is 4.98 Å². The second-order valence-electron chi connectivity index (χ2n) is 4.20. The molecule has 0 unspecified atom stereocenters. The molecular weight excluding hydrogens is 230 g/mol. The quantitative estimate of drug-likeness (QED) is 0.682. The number of nitrogens with zero attached hydrogens (tertiary/aromatic N) is 1. The van der Waals surface area contributed by atoms with Crippen molar-refractivity contribution in [1.82, 2.24) is 4.98 Å². The van der Waals surface area contributed by atoms with Crippen molar-refractivity contribution in [3.05, 3.63) is 63.9 Å². The number of halogens is 1. The standard InChI is InChI=1S/C14H12ClN.CH4/c15-13-6-5-12-9-14-10(2-1-7-16-14)3-4-11(12)8-13;/h1-2,5-8H,3-4,9H2;1H4. The molecule has 0 N–H and O–H groups in total. The molecular formula is C15H16ClN. The highest BCUT2D eigenvalue weighted by molar-refractivity contribution is 6.30. The van der Waals surface area contributed by atoms with E-state index in [0.29, 0.717) is 0 Å².